The summed E-state index contributed by atoms with van der Waals surface area (Å²) in [6.07, 6.45) is 7.83. The molecule has 0 fully saturated rings. The Hall–Kier alpha value is -3.00. The molecule has 4 aromatic rings. The Morgan fingerprint density at radius 3 is 3.04 bits per heavy atom. The van der Waals surface area contributed by atoms with Gasteiger partial charge in [0, 0.05) is 31.6 Å². The van der Waals surface area contributed by atoms with E-state index in [1.165, 1.54) is 0 Å². The Morgan fingerprint density at radius 2 is 2.11 bits per heavy atom. The van der Waals surface area contributed by atoms with E-state index < -0.39 is 0 Å². The molecule has 0 atom stereocenters. The minimum absolute atomic E-state index is 0.657. The van der Waals surface area contributed by atoms with Gasteiger partial charge in [-0.05, 0) is 18.6 Å². The van der Waals surface area contributed by atoms with E-state index in [1.54, 1.807) is 18.4 Å². The Labute approximate surface area is 160 Å². The first kappa shape index (κ1) is 16.2. The molecule has 8 heteroatoms. The van der Waals surface area contributed by atoms with Crippen LogP contribution >= 0.6 is 11.3 Å². The molecule has 0 N–H and O–H groups in total. The fourth-order valence-electron chi connectivity index (χ4n) is 3.47. The van der Waals surface area contributed by atoms with Crippen molar-refractivity contribution in [3.8, 4) is 27.0 Å². The molecule has 0 spiro atoms. The molecule has 27 heavy (non-hydrogen) atoms. The molecule has 7 nitrogen and oxygen atoms in total. The minimum Gasteiger partial charge on any atom is -0.496 e. The van der Waals surface area contributed by atoms with Crippen LogP contribution in [-0.2, 0) is 19.5 Å². The van der Waals surface area contributed by atoms with Crippen molar-refractivity contribution in [3.05, 3.63) is 54.5 Å². The van der Waals surface area contributed by atoms with Gasteiger partial charge in [-0.1, -0.05) is 12.1 Å². The van der Waals surface area contributed by atoms with Crippen LogP contribution in [0.25, 0.3) is 21.3 Å². The number of hydrogen-bond donors (Lipinski definition) is 0. The molecule has 1 aliphatic rings. The number of aryl methyl sites for hydroxylation is 1. The van der Waals surface area contributed by atoms with Crippen LogP contribution in [0.4, 0.5) is 0 Å². The van der Waals surface area contributed by atoms with E-state index in [9.17, 15) is 0 Å². The summed E-state index contributed by atoms with van der Waals surface area (Å²) in [4.78, 5) is 10.2. The normalized spacial score (nSPS) is 13.1. The number of nitrogens with zero attached hydrogens (tertiary/aromatic N) is 6. The summed E-state index contributed by atoms with van der Waals surface area (Å²) in [7, 11) is 1.68. The summed E-state index contributed by atoms with van der Waals surface area (Å²) in [6.45, 7) is 1.66. The summed E-state index contributed by atoms with van der Waals surface area (Å²) in [5, 5.41) is 9.57. The summed E-state index contributed by atoms with van der Waals surface area (Å²) in [5.74, 6) is 3.78. The van der Waals surface area contributed by atoms with Gasteiger partial charge in [0.05, 0.1) is 24.1 Å². The first-order chi connectivity index (χ1) is 13.3. The molecule has 1 aliphatic heterocycles. The number of aromatic nitrogens is 6. The number of methoxy groups -OCH3 is 1. The number of benzene rings is 1. The Bertz CT molecular complexity index is 1100. The van der Waals surface area contributed by atoms with Crippen molar-refractivity contribution in [1.82, 2.24) is 29.3 Å². The third kappa shape index (κ3) is 2.82. The first-order valence-electron chi connectivity index (χ1n) is 8.85. The average molecular weight is 378 g/mol. The predicted molar refractivity (Wildman–Crippen MR) is 103 cm³/mol. The monoisotopic (exact) mass is 378 g/mol. The van der Waals surface area contributed by atoms with Crippen molar-refractivity contribution in [3.63, 3.8) is 0 Å². The van der Waals surface area contributed by atoms with E-state index in [4.69, 9.17) is 4.74 Å². The Kier molecular flexibility index (Phi) is 3.97. The van der Waals surface area contributed by atoms with Crippen LogP contribution in [0, 0.1) is 0 Å². The summed E-state index contributed by atoms with van der Waals surface area (Å²) < 4.78 is 9.79. The Morgan fingerprint density at radius 1 is 1.19 bits per heavy atom. The number of rotatable bonds is 5. The maximum Gasteiger partial charge on any atom is 0.153 e. The zero-order chi connectivity index (χ0) is 18.2. The molecule has 0 radical (unpaired) electrons. The zero-order valence-corrected chi connectivity index (χ0v) is 15.7. The molecular weight excluding hydrogens is 360 g/mol. The highest BCUT2D eigenvalue weighted by Gasteiger charge is 2.19. The van der Waals surface area contributed by atoms with Gasteiger partial charge in [-0.25, -0.2) is 9.97 Å². The lowest BCUT2D eigenvalue weighted by atomic mass is 10.2. The molecular formula is C19H18N6OS. The second-order valence-corrected chi connectivity index (χ2v) is 7.43. The van der Waals surface area contributed by atoms with Crippen LogP contribution in [0.5, 0.6) is 5.75 Å². The van der Waals surface area contributed by atoms with Crippen molar-refractivity contribution in [2.24, 2.45) is 0 Å². The van der Waals surface area contributed by atoms with Crippen LogP contribution in [0.1, 0.15) is 18.1 Å². The SMILES string of the molecule is COc1ccccc1-c1ncc(-c2nccn2Cc2nnc3n2CCC3)s1. The van der Waals surface area contributed by atoms with Crippen LogP contribution in [-0.4, -0.2) is 36.4 Å². The molecule has 0 unspecified atom stereocenters. The van der Waals surface area contributed by atoms with Crippen LogP contribution < -0.4 is 4.74 Å². The van der Waals surface area contributed by atoms with Crippen molar-refractivity contribution in [1.29, 1.82) is 0 Å². The second kappa shape index (κ2) is 6.62. The molecule has 136 valence electrons. The molecule has 4 heterocycles. The topological polar surface area (TPSA) is 70.7 Å². The van der Waals surface area contributed by atoms with Crippen molar-refractivity contribution >= 4 is 11.3 Å². The maximum atomic E-state index is 5.46. The van der Waals surface area contributed by atoms with E-state index in [-0.39, 0.29) is 0 Å². The molecule has 0 bridgehead atoms. The molecule has 1 aromatic carbocycles. The van der Waals surface area contributed by atoms with Gasteiger partial charge in [-0.3, -0.25) is 0 Å². The lowest BCUT2D eigenvalue weighted by Crippen LogP contribution is -2.08. The van der Waals surface area contributed by atoms with Crippen LogP contribution in [0.15, 0.2) is 42.9 Å². The highest BCUT2D eigenvalue weighted by atomic mass is 32.1. The predicted octanol–water partition coefficient (Wildman–Crippen LogP) is 3.27. The largest absolute Gasteiger partial charge is 0.496 e. The lowest BCUT2D eigenvalue weighted by molar-refractivity contribution is 0.416. The van der Waals surface area contributed by atoms with E-state index in [1.807, 2.05) is 42.9 Å². The fraction of sp³-hybridized carbons (Fsp3) is 0.263. The maximum absolute atomic E-state index is 5.46. The van der Waals surface area contributed by atoms with Crippen LogP contribution in [0.2, 0.25) is 0 Å². The molecule has 0 saturated heterocycles. The van der Waals surface area contributed by atoms with E-state index in [2.05, 4.69) is 29.3 Å². The summed E-state index contributed by atoms with van der Waals surface area (Å²) in [6, 6.07) is 7.92. The molecule has 0 saturated carbocycles. The summed E-state index contributed by atoms with van der Waals surface area (Å²) >= 11 is 1.61. The number of thiazole rings is 1. The number of hydrogen-bond acceptors (Lipinski definition) is 6. The van der Waals surface area contributed by atoms with Gasteiger partial charge in [-0.15, -0.1) is 21.5 Å². The highest BCUT2D eigenvalue weighted by Crippen LogP contribution is 2.36. The van der Waals surface area contributed by atoms with Crippen molar-refractivity contribution in [2.45, 2.75) is 25.9 Å². The van der Waals surface area contributed by atoms with Crippen LogP contribution in [0.3, 0.4) is 0 Å². The average Bonchev–Trinajstić information content (AvgIpc) is 3.47. The van der Waals surface area contributed by atoms with Gasteiger partial charge < -0.3 is 13.9 Å². The quantitative estimate of drug-likeness (QED) is 0.533. The van der Waals surface area contributed by atoms with E-state index in [0.29, 0.717) is 6.54 Å². The lowest BCUT2D eigenvalue weighted by Gasteiger charge is -2.07. The minimum atomic E-state index is 0.657. The second-order valence-electron chi connectivity index (χ2n) is 6.40. The number of imidazole rings is 1. The fourth-order valence-corrected chi connectivity index (χ4v) is 4.42. The third-order valence-electron chi connectivity index (χ3n) is 4.78. The van der Waals surface area contributed by atoms with E-state index in [0.717, 1.165) is 58.1 Å². The zero-order valence-electron chi connectivity index (χ0n) is 14.9. The standard InChI is InChI=1S/C19H18N6OS/c1-26-14-6-3-2-5-13(14)19-21-11-15(27-19)18-20-8-10-24(18)12-17-23-22-16-7-4-9-25(16)17/h2-3,5-6,8,10-11H,4,7,9,12H2,1H3. The number of fused-ring (bicyclic) bond motifs is 1. The highest BCUT2D eigenvalue weighted by molar-refractivity contribution is 7.18. The number of ether oxygens (including phenoxy) is 1. The smallest absolute Gasteiger partial charge is 0.153 e. The molecule has 0 aliphatic carbocycles. The molecule has 0 amide bonds. The van der Waals surface area contributed by atoms with Gasteiger partial charge in [0.2, 0.25) is 0 Å². The van der Waals surface area contributed by atoms with Crippen molar-refractivity contribution in [2.75, 3.05) is 7.11 Å². The van der Waals surface area contributed by atoms with Gasteiger partial charge >= 0.3 is 0 Å². The Balaban J connectivity index is 1.47. The van der Waals surface area contributed by atoms with Gasteiger partial charge in [-0.2, -0.15) is 0 Å². The van der Waals surface area contributed by atoms with Crippen molar-refractivity contribution < 1.29 is 4.74 Å². The third-order valence-corrected chi connectivity index (χ3v) is 5.80. The molecule has 5 rings (SSSR count). The van der Waals surface area contributed by atoms with E-state index >= 15 is 0 Å². The first-order valence-corrected chi connectivity index (χ1v) is 9.67. The molecule has 3 aromatic heterocycles. The number of para-hydroxylation sites is 1. The van der Waals surface area contributed by atoms with Gasteiger partial charge in [0.15, 0.2) is 11.6 Å². The van der Waals surface area contributed by atoms with Gasteiger partial charge in [0.1, 0.15) is 16.6 Å². The van der Waals surface area contributed by atoms with Gasteiger partial charge in [0.25, 0.3) is 0 Å². The summed E-state index contributed by atoms with van der Waals surface area (Å²) in [5.41, 5.74) is 0.990.